The van der Waals surface area contributed by atoms with E-state index in [1.54, 1.807) is 0 Å². The van der Waals surface area contributed by atoms with E-state index in [0.717, 1.165) is 35.0 Å². The molecule has 0 bridgehead atoms. The van der Waals surface area contributed by atoms with Crippen molar-refractivity contribution < 1.29 is 23.1 Å². The molecule has 0 saturated carbocycles. The number of aryl methyl sites for hydroxylation is 1. The second-order valence-electron chi connectivity index (χ2n) is 4.84. The summed E-state index contributed by atoms with van der Waals surface area (Å²) in [6.45, 7) is 1.26. The molecule has 1 aromatic heterocycles. The van der Waals surface area contributed by atoms with Gasteiger partial charge in [-0.1, -0.05) is 0 Å². The number of rotatable bonds is 4. The number of hydrogen-bond donors (Lipinski definition) is 1. The van der Waals surface area contributed by atoms with Crippen molar-refractivity contribution in [2.75, 3.05) is 5.32 Å². The van der Waals surface area contributed by atoms with Crippen LogP contribution in [-0.4, -0.2) is 27.8 Å². The number of nitrogens with one attached hydrogen (secondary N) is 1. The van der Waals surface area contributed by atoms with E-state index >= 15 is 0 Å². The smallest absolute Gasteiger partial charge is 0.359 e. The van der Waals surface area contributed by atoms with E-state index < -0.39 is 35.2 Å². The molecular weight excluding hydrogens is 324 g/mol. The lowest BCUT2D eigenvalue weighted by Gasteiger charge is -2.13. The molecule has 0 radical (unpaired) electrons. The van der Waals surface area contributed by atoms with Crippen LogP contribution in [0.5, 0.6) is 0 Å². The van der Waals surface area contributed by atoms with Gasteiger partial charge in [-0.25, -0.2) is 18.3 Å². The van der Waals surface area contributed by atoms with Crippen LogP contribution in [0.1, 0.15) is 17.4 Å². The van der Waals surface area contributed by atoms with Gasteiger partial charge in [0.25, 0.3) is 11.5 Å². The summed E-state index contributed by atoms with van der Waals surface area (Å²) >= 11 is 0. The summed E-state index contributed by atoms with van der Waals surface area (Å²) < 4.78 is 32.4. The Bertz CT molecular complexity index is 851. The summed E-state index contributed by atoms with van der Waals surface area (Å²) in [5.41, 5.74) is -0.962. The quantitative estimate of drug-likeness (QED) is 0.848. The second kappa shape index (κ2) is 6.99. The minimum Gasteiger partial charge on any atom is -0.448 e. The number of aromatic nitrogens is 2. The summed E-state index contributed by atoms with van der Waals surface area (Å²) in [7, 11) is 1.35. The molecule has 0 saturated heterocycles. The van der Waals surface area contributed by atoms with Crippen LogP contribution in [-0.2, 0) is 16.6 Å². The Hall–Kier alpha value is -3.10. The molecule has 9 heteroatoms. The normalized spacial score (nSPS) is 11.7. The predicted octanol–water partition coefficient (Wildman–Crippen LogP) is 1.24. The van der Waals surface area contributed by atoms with Gasteiger partial charge < -0.3 is 10.1 Å². The van der Waals surface area contributed by atoms with Crippen molar-refractivity contribution in [3.63, 3.8) is 0 Å². The Kier molecular flexibility index (Phi) is 5.02. The number of anilines is 1. The number of nitrogens with zero attached hydrogens (tertiary/aromatic N) is 2. The number of ether oxygens (including phenoxy) is 1. The summed E-state index contributed by atoms with van der Waals surface area (Å²) in [6.07, 6.45) is -1.29. The van der Waals surface area contributed by atoms with Crippen LogP contribution in [0, 0.1) is 11.6 Å². The summed E-state index contributed by atoms with van der Waals surface area (Å²) in [5.74, 6) is -3.35. The largest absolute Gasteiger partial charge is 0.448 e. The van der Waals surface area contributed by atoms with Crippen LogP contribution in [0.25, 0.3) is 0 Å². The van der Waals surface area contributed by atoms with Crippen molar-refractivity contribution in [2.24, 2.45) is 7.05 Å². The molecule has 126 valence electrons. The fourth-order valence-electron chi connectivity index (χ4n) is 1.71. The zero-order valence-electron chi connectivity index (χ0n) is 12.7. The molecule has 1 unspecified atom stereocenters. The molecule has 24 heavy (non-hydrogen) atoms. The Morgan fingerprint density at radius 3 is 2.62 bits per heavy atom. The van der Waals surface area contributed by atoms with E-state index in [-0.39, 0.29) is 11.4 Å². The lowest BCUT2D eigenvalue weighted by Crippen LogP contribution is -2.31. The molecule has 0 aliphatic rings. The molecule has 2 rings (SSSR count). The van der Waals surface area contributed by atoms with Gasteiger partial charge in [0.15, 0.2) is 11.8 Å². The first-order valence-corrected chi connectivity index (χ1v) is 6.79. The molecule has 1 heterocycles. The minimum atomic E-state index is -1.29. The number of hydrogen-bond acceptors (Lipinski definition) is 5. The van der Waals surface area contributed by atoms with E-state index in [1.165, 1.54) is 14.0 Å². The lowest BCUT2D eigenvalue weighted by atomic mass is 10.2. The highest BCUT2D eigenvalue weighted by Gasteiger charge is 2.21. The van der Waals surface area contributed by atoms with Crippen molar-refractivity contribution >= 4 is 17.6 Å². The van der Waals surface area contributed by atoms with Crippen LogP contribution < -0.4 is 10.9 Å². The third kappa shape index (κ3) is 4.00. The lowest BCUT2D eigenvalue weighted by molar-refractivity contribution is -0.123. The number of benzene rings is 1. The van der Waals surface area contributed by atoms with Crippen LogP contribution in [0.4, 0.5) is 14.5 Å². The first-order chi connectivity index (χ1) is 11.3. The molecule has 0 aliphatic carbocycles. The zero-order chi connectivity index (χ0) is 17.9. The highest BCUT2D eigenvalue weighted by Crippen LogP contribution is 2.16. The maximum Gasteiger partial charge on any atom is 0.359 e. The van der Waals surface area contributed by atoms with E-state index in [1.807, 2.05) is 0 Å². The Labute approximate surface area is 134 Å². The van der Waals surface area contributed by atoms with Gasteiger partial charge in [0, 0.05) is 19.2 Å². The van der Waals surface area contributed by atoms with Gasteiger partial charge in [0.05, 0.1) is 5.69 Å². The van der Waals surface area contributed by atoms with Gasteiger partial charge in [-0.2, -0.15) is 5.10 Å². The molecule has 1 aromatic carbocycles. The molecule has 1 amide bonds. The average Bonchev–Trinajstić information content (AvgIpc) is 2.53. The van der Waals surface area contributed by atoms with Crippen molar-refractivity contribution in [1.29, 1.82) is 0 Å². The Morgan fingerprint density at radius 2 is 1.96 bits per heavy atom. The number of carbonyl (C=O) groups is 2. The minimum absolute atomic E-state index is 0.173. The van der Waals surface area contributed by atoms with Crippen molar-refractivity contribution in [3.8, 4) is 0 Å². The fraction of sp³-hybridized carbons (Fsp3) is 0.200. The zero-order valence-corrected chi connectivity index (χ0v) is 12.7. The monoisotopic (exact) mass is 337 g/mol. The maximum absolute atomic E-state index is 13.5. The van der Waals surface area contributed by atoms with E-state index in [2.05, 4.69) is 10.4 Å². The number of amides is 1. The maximum atomic E-state index is 13.5. The second-order valence-corrected chi connectivity index (χ2v) is 4.84. The third-order valence-electron chi connectivity index (χ3n) is 3.01. The molecule has 0 spiro atoms. The molecule has 2 aromatic rings. The van der Waals surface area contributed by atoms with Crippen LogP contribution in [0.2, 0.25) is 0 Å². The number of halogens is 2. The topological polar surface area (TPSA) is 90.3 Å². The van der Waals surface area contributed by atoms with Crippen molar-refractivity contribution in [3.05, 3.63) is 58.0 Å². The highest BCUT2D eigenvalue weighted by atomic mass is 19.1. The van der Waals surface area contributed by atoms with Crippen molar-refractivity contribution in [1.82, 2.24) is 9.78 Å². The standard InChI is InChI=1S/C15H13F2N3O4/c1-8(14(22)18-12-7-9(16)3-4-10(12)17)24-15(23)11-5-6-13(21)20(2)19-11/h3-8H,1-2H3,(H,18,22). The Morgan fingerprint density at radius 1 is 1.25 bits per heavy atom. The first kappa shape index (κ1) is 17.3. The summed E-state index contributed by atoms with van der Waals surface area (Å²) in [4.78, 5) is 35.0. The van der Waals surface area contributed by atoms with Gasteiger partial charge >= 0.3 is 5.97 Å². The van der Waals surface area contributed by atoms with E-state index in [4.69, 9.17) is 4.74 Å². The average molecular weight is 337 g/mol. The van der Waals surface area contributed by atoms with E-state index in [0.29, 0.717) is 0 Å². The SMILES string of the molecule is CC(OC(=O)c1ccc(=O)n(C)n1)C(=O)Nc1cc(F)ccc1F. The van der Waals surface area contributed by atoms with Gasteiger partial charge in [-0.15, -0.1) is 0 Å². The van der Waals surface area contributed by atoms with Crippen LogP contribution in [0.15, 0.2) is 35.1 Å². The van der Waals surface area contributed by atoms with E-state index in [9.17, 15) is 23.2 Å². The van der Waals surface area contributed by atoms with Crippen LogP contribution >= 0.6 is 0 Å². The molecule has 1 N–H and O–H groups in total. The molecule has 0 aliphatic heterocycles. The summed E-state index contributed by atoms with van der Waals surface area (Å²) in [5, 5.41) is 5.80. The van der Waals surface area contributed by atoms with Gasteiger partial charge in [-0.3, -0.25) is 9.59 Å². The number of carbonyl (C=O) groups excluding carboxylic acids is 2. The molecule has 7 nitrogen and oxygen atoms in total. The Balaban J connectivity index is 2.05. The van der Waals surface area contributed by atoms with Crippen molar-refractivity contribution in [2.45, 2.75) is 13.0 Å². The number of esters is 1. The fourth-order valence-corrected chi connectivity index (χ4v) is 1.71. The van der Waals surface area contributed by atoms with Crippen LogP contribution in [0.3, 0.4) is 0 Å². The van der Waals surface area contributed by atoms with Gasteiger partial charge in [0.1, 0.15) is 11.6 Å². The first-order valence-electron chi connectivity index (χ1n) is 6.79. The predicted molar refractivity (Wildman–Crippen MR) is 79.3 cm³/mol. The molecule has 0 fully saturated rings. The molecule has 1 atom stereocenters. The van der Waals surface area contributed by atoms with Gasteiger partial charge in [-0.05, 0) is 25.1 Å². The van der Waals surface area contributed by atoms with Gasteiger partial charge in [0.2, 0.25) is 0 Å². The summed E-state index contributed by atoms with van der Waals surface area (Å²) in [6, 6.07) is 4.84. The molecular formula is C15H13F2N3O4. The third-order valence-corrected chi connectivity index (χ3v) is 3.01. The highest BCUT2D eigenvalue weighted by molar-refractivity contribution is 5.96.